The number of aliphatic hydroxyl groups is 4. The van der Waals surface area contributed by atoms with Crippen LogP contribution >= 0.6 is 0 Å². The normalized spacial score (nSPS) is 38.6. The maximum atomic E-state index is 14.5. The number of pyridine rings is 1. The van der Waals surface area contributed by atoms with E-state index in [4.69, 9.17) is 33.2 Å². The van der Waals surface area contributed by atoms with Gasteiger partial charge in [0.15, 0.2) is 12.6 Å². The molecule has 0 radical (unpaired) electrons. The number of benzene rings is 1. The second kappa shape index (κ2) is 23.3. The molecule has 72 heavy (non-hydrogen) atoms. The number of aliphatic hydroxyl groups excluding tert-OH is 3. The van der Waals surface area contributed by atoms with Gasteiger partial charge in [0.25, 0.3) is 5.56 Å². The molecule has 3 aromatic rings. The van der Waals surface area contributed by atoms with E-state index in [0.29, 0.717) is 25.2 Å². The minimum absolute atomic E-state index is 0.0540. The number of rotatable bonds is 13. The van der Waals surface area contributed by atoms with E-state index in [1.165, 1.54) is 21.1 Å². The number of hydrogen-bond donors (Lipinski definition) is 4. The molecule has 0 aliphatic carbocycles. The van der Waals surface area contributed by atoms with Crippen LogP contribution in [0.15, 0.2) is 53.6 Å². The number of carbonyl (C=O) groups excluding carboxylic acids is 2. The maximum absolute atomic E-state index is 14.5. The highest BCUT2D eigenvalue weighted by atomic mass is 16.7. The molecule has 19 heteroatoms. The molecule has 0 saturated carbocycles. The standard InChI is InChI=1S/C53H81N5O14/c1-15-40-53(11,65)46(62)32(5)43(60)30(3)23-52(10,67-14)48(33(6)45(34(7)49(64)70-40)71-42-24-51(9,66-13)47(63)35(8)69-42)72-50-44(61)39(22-31(4)68-50)56(12)27-37-28-57(55-54-37)26-36-17-19-38(20-18-36)58-25-29(2)16-21-41(58)59/h16-21,25,28,30-35,39-40,42,44-48,50,61-63,65H,15,22-24,26-27H2,1-14H3/t30-,31-,32?,33+,34-,35+,39+,40?,42?,44-,45-,46-,47+,48-,50?,51-,52+,53-/m1/s1. The van der Waals surface area contributed by atoms with Crippen LogP contribution in [0, 0.1) is 30.6 Å². The Bertz CT molecular complexity index is 2340. The lowest BCUT2D eigenvalue weighted by Crippen LogP contribution is -2.61. The van der Waals surface area contributed by atoms with Gasteiger partial charge in [-0.25, -0.2) is 4.68 Å². The number of cyclic esters (lactones) is 1. The predicted octanol–water partition coefficient (Wildman–Crippen LogP) is 4.11. The number of aromatic nitrogens is 4. The summed E-state index contributed by atoms with van der Waals surface area (Å²) in [5, 5.41) is 55.7. The molecular weight excluding hydrogens is 931 g/mol. The molecule has 1 aromatic carbocycles. The van der Waals surface area contributed by atoms with Crippen molar-refractivity contribution in [3.8, 4) is 5.69 Å². The summed E-state index contributed by atoms with van der Waals surface area (Å²) in [6.45, 7) is 19.7. The minimum atomic E-state index is -2.01. The first-order valence-electron chi connectivity index (χ1n) is 25.4. The van der Waals surface area contributed by atoms with E-state index < -0.39 is 114 Å². The van der Waals surface area contributed by atoms with Gasteiger partial charge < -0.3 is 53.6 Å². The average molecular weight is 1010 g/mol. The van der Waals surface area contributed by atoms with Gasteiger partial charge in [0.2, 0.25) is 0 Å². The van der Waals surface area contributed by atoms with Gasteiger partial charge in [-0.15, -0.1) is 5.10 Å². The third kappa shape index (κ3) is 12.4. The molecule has 6 rings (SSSR count). The first-order chi connectivity index (χ1) is 33.8. The largest absolute Gasteiger partial charge is 0.459 e. The summed E-state index contributed by atoms with van der Waals surface area (Å²) in [7, 11) is 4.88. The van der Waals surface area contributed by atoms with Crippen LogP contribution in [0.2, 0.25) is 0 Å². The van der Waals surface area contributed by atoms with Gasteiger partial charge in [0.05, 0.1) is 66.1 Å². The minimum Gasteiger partial charge on any atom is -0.459 e. The zero-order valence-electron chi connectivity index (χ0n) is 44.6. The summed E-state index contributed by atoms with van der Waals surface area (Å²) >= 11 is 0. The van der Waals surface area contributed by atoms with Crippen molar-refractivity contribution in [2.24, 2.45) is 23.7 Å². The summed E-state index contributed by atoms with van der Waals surface area (Å²) in [4.78, 5) is 43.2. The molecule has 0 amide bonds. The topological polar surface area (TPSA) is 236 Å². The summed E-state index contributed by atoms with van der Waals surface area (Å²) in [5.41, 5.74) is -1.19. The van der Waals surface area contributed by atoms with E-state index in [2.05, 4.69) is 10.3 Å². The first kappa shape index (κ1) is 57.3. The Kier molecular flexibility index (Phi) is 18.5. The van der Waals surface area contributed by atoms with E-state index in [0.717, 1.165) is 16.8 Å². The number of hydrogen-bond acceptors (Lipinski definition) is 17. The van der Waals surface area contributed by atoms with Gasteiger partial charge >= 0.3 is 5.97 Å². The van der Waals surface area contributed by atoms with Crippen molar-refractivity contribution in [1.29, 1.82) is 0 Å². The van der Waals surface area contributed by atoms with Crippen molar-refractivity contribution in [3.63, 3.8) is 0 Å². The van der Waals surface area contributed by atoms with Crippen LogP contribution in [-0.2, 0) is 55.8 Å². The Labute approximate surface area is 424 Å². The van der Waals surface area contributed by atoms with Crippen LogP contribution in [0.25, 0.3) is 5.69 Å². The highest BCUT2D eigenvalue weighted by molar-refractivity contribution is 5.83. The van der Waals surface area contributed by atoms with Crippen LogP contribution in [-0.4, -0.2) is 162 Å². The number of nitrogens with zero attached hydrogens (tertiary/aromatic N) is 5. The van der Waals surface area contributed by atoms with E-state index in [1.54, 1.807) is 76.0 Å². The smallest absolute Gasteiger partial charge is 0.311 e. The molecule has 0 bridgehead atoms. The molecule has 18 atom stereocenters. The molecule has 3 saturated heterocycles. The Morgan fingerprint density at radius 3 is 2.15 bits per heavy atom. The van der Waals surface area contributed by atoms with Gasteiger partial charge in [0, 0.05) is 68.9 Å². The molecule has 4 unspecified atom stereocenters. The third-order valence-corrected chi connectivity index (χ3v) is 15.8. The predicted molar refractivity (Wildman–Crippen MR) is 265 cm³/mol. The van der Waals surface area contributed by atoms with Crippen molar-refractivity contribution in [2.75, 3.05) is 21.3 Å². The SMILES string of the molecule is CCC1OC(=O)[C@H](C)[C@H](OC2C[C@@](C)(OC)[C@@H](O)[C@H](C)O2)[C@H](C)[C@@H](OC2O[C@H](C)C[C@H](N(C)Cc3cn(Cc4ccc(-n5cc(C)ccc5=O)cc4)nn3)[C@H]2O)[C@@](C)(OC)C[C@@H](C)C(=O)C(C)[C@@H](O)[C@]1(C)O. The van der Waals surface area contributed by atoms with Crippen molar-refractivity contribution in [1.82, 2.24) is 24.5 Å². The Balaban J connectivity index is 1.29. The highest BCUT2D eigenvalue weighted by Crippen LogP contribution is 2.42. The summed E-state index contributed by atoms with van der Waals surface area (Å²) < 4.78 is 48.1. The van der Waals surface area contributed by atoms with E-state index in [9.17, 15) is 34.8 Å². The van der Waals surface area contributed by atoms with Crippen molar-refractivity contribution >= 4 is 11.8 Å². The Morgan fingerprint density at radius 1 is 0.847 bits per heavy atom. The van der Waals surface area contributed by atoms with Crippen molar-refractivity contribution < 1.29 is 63.2 Å². The second-order valence-electron chi connectivity index (χ2n) is 21.6. The number of likely N-dealkylation sites (N-methyl/N-ethyl adjacent to an activating group) is 1. The lowest BCUT2D eigenvalue weighted by molar-refractivity contribution is -0.319. The maximum Gasteiger partial charge on any atom is 0.311 e. The fraction of sp³-hybridized carbons (Fsp3) is 0.717. The summed E-state index contributed by atoms with van der Waals surface area (Å²) in [6.07, 6.45) is -6.18. The quantitative estimate of drug-likeness (QED) is 0.176. The summed E-state index contributed by atoms with van der Waals surface area (Å²) in [6, 6.07) is 10.5. The fourth-order valence-electron chi connectivity index (χ4n) is 11.1. The molecular formula is C53H81N5O14. The zero-order chi connectivity index (χ0) is 53.2. The molecule has 0 spiro atoms. The molecule has 3 aliphatic heterocycles. The lowest BCUT2D eigenvalue weighted by atomic mass is 9.74. The van der Waals surface area contributed by atoms with Crippen LogP contribution < -0.4 is 5.56 Å². The Hall–Kier alpha value is -3.99. The first-order valence-corrected chi connectivity index (χ1v) is 25.4. The van der Waals surface area contributed by atoms with Gasteiger partial charge in [-0.1, -0.05) is 51.1 Å². The third-order valence-electron chi connectivity index (χ3n) is 15.8. The second-order valence-corrected chi connectivity index (χ2v) is 21.6. The number of carbonyl (C=O) groups is 2. The van der Waals surface area contributed by atoms with Gasteiger partial charge in [-0.05, 0) is 98.0 Å². The van der Waals surface area contributed by atoms with Crippen LogP contribution in [0.4, 0.5) is 0 Å². The monoisotopic (exact) mass is 1010 g/mol. The number of esters is 1. The average Bonchev–Trinajstić information content (AvgIpc) is 3.79. The molecule has 3 aliphatic rings. The van der Waals surface area contributed by atoms with Crippen molar-refractivity contribution in [3.05, 3.63) is 76.0 Å². The van der Waals surface area contributed by atoms with E-state index in [1.807, 2.05) is 63.2 Å². The number of ether oxygens (including phenoxy) is 7. The van der Waals surface area contributed by atoms with Gasteiger partial charge in [-0.2, -0.15) is 0 Å². The van der Waals surface area contributed by atoms with Crippen LogP contribution in [0.1, 0.15) is 112 Å². The van der Waals surface area contributed by atoms with Crippen LogP contribution in [0.5, 0.6) is 0 Å². The Morgan fingerprint density at radius 2 is 1.51 bits per heavy atom. The molecule has 4 N–H and O–H groups in total. The van der Waals surface area contributed by atoms with Gasteiger partial charge in [0.1, 0.15) is 29.7 Å². The number of methoxy groups -OCH3 is 2. The molecule has 19 nitrogen and oxygen atoms in total. The zero-order valence-corrected chi connectivity index (χ0v) is 44.6. The number of ketones is 1. The van der Waals surface area contributed by atoms with Crippen LogP contribution in [0.3, 0.4) is 0 Å². The number of aryl methyl sites for hydroxylation is 1. The molecule has 3 fully saturated rings. The molecule has 5 heterocycles. The van der Waals surface area contributed by atoms with Crippen molar-refractivity contribution in [2.45, 2.75) is 199 Å². The van der Waals surface area contributed by atoms with E-state index >= 15 is 0 Å². The molecule has 402 valence electrons. The van der Waals surface area contributed by atoms with E-state index in [-0.39, 0.29) is 30.6 Å². The molecule has 2 aromatic heterocycles. The van der Waals surface area contributed by atoms with Gasteiger partial charge in [-0.3, -0.25) is 23.9 Å². The fourth-order valence-corrected chi connectivity index (χ4v) is 11.1. The highest BCUT2D eigenvalue weighted by Gasteiger charge is 2.54. The number of Topliss-reactive ketones (excluding diaryl/α,β-unsaturated/α-hetero) is 1. The lowest BCUT2D eigenvalue weighted by Gasteiger charge is -2.50. The summed E-state index contributed by atoms with van der Waals surface area (Å²) in [5.74, 6) is -4.79.